The van der Waals surface area contributed by atoms with Gasteiger partial charge in [-0.3, -0.25) is 4.98 Å². The predicted octanol–water partition coefficient (Wildman–Crippen LogP) is -0.229. The van der Waals surface area contributed by atoms with Gasteiger partial charge >= 0.3 is 5.76 Å². The van der Waals surface area contributed by atoms with E-state index in [0.717, 1.165) is 5.56 Å². The molecule has 8 heteroatoms. The molecule has 0 unspecified atom stereocenters. The van der Waals surface area contributed by atoms with Crippen LogP contribution in [-0.2, 0) is 16.8 Å². The number of nitrogens with one attached hydrogen (secondary N) is 2. The summed E-state index contributed by atoms with van der Waals surface area (Å²) in [5.41, 5.74) is 1.75. The van der Waals surface area contributed by atoms with E-state index < -0.39 is 16.0 Å². The van der Waals surface area contributed by atoms with E-state index in [2.05, 4.69) is 9.71 Å². The van der Waals surface area contributed by atoms with E-state index in [-0.39, 0.29) is 6.54 Å². The van der Waals surface area contributed by atoms with Crippen LogP contribution in [0.5, 0.6) is 0 Å². The van der Waals surface area contributed by atoms with Crippen LogP contribution in [0.1, 0.15) is 5.56 Å². The zero-order valence-electron chi connectivity index (χ0n) is 9.34. The molecule has 0 bridgehead atoms. The summed E-state index contributed by atoms with van der Waals surface area (Å²) in [6.07, 6.45) is 0. The first-order valence-electron chi connectivity index (χ1n) is 5.41. The second-order valence-electron chi connectivity index (χ2n) is 4.07. The van der Waals surface area contributed by atoms with Crippen molar-refractivity contribution < 1.29 is 12.8 Å². The van der Waals surface area contributed by atoms with Gasteiger partial charge in [-0.1, -0.05) is 6.07 Å². The molecule has 0 aliphatic carbocycles. The molecule has 1 aromatic carbocycles. The number of benzene rings is 1. The first-order chi connectivity index (χ1) is 8.54. The average molecular weight is 269 g/mol. The van der Waals surface area contributed by atoms with E-state index in [0.29, 0.717) is 24.2 Å². The van der Waals surface area contributed by atoms with Gasteiger partial charge in [-0.25, -0.2) is 4.79 Å². The number of H-pyrrole nitrogens is 1. The number of aromatic amines is 1. The Bertz CT molecular complexity index is 742. The summed E-state index contributed by atoms with van der Waals surface area (Å²) in [4.78, 5) is 13.5. The van der Waals surface area contributed by atoms with Crippen molar-refractivity contribution in [3.63, 3.8) is 0 Å². The van der Waals surface area contributed by atoms with Crippen LogP contribution in [0.15, 0.2) is 27.4 Å². The third-order valence-corrected chi connectivity index (χ3v) is 4.24. The zero-order valence-corrected chi connectivity index (χ0v) is 10.2. The lowest BCUT2D eigenvalue weighted by molar-refractivity contribution is 0.545. The van der Waals surface area contributed by atoms with Crippen molar-refractivity contribution in [1.82, 2.24) is 14.0 Å². The van der Waals surface area contributed by atoms with Crippen LogP contribution in [-0.4, -0.2) is 30.8 Å². The van der Waals surface area contributed by atoms with Gasteiger partial charge in [0.15, 0.2) is 5.58 Å². The number of rotatable bonds is 4. The van der Waals surface area contributed by atoms with Gasteiger partial charge in [-0.2, -0.15) is 17.4 Å². The maximum atomic E-state index is 11.6. The average Bonchev–Trinajstić information content (AvgIpc) is 3.09. The minimum absolute atomic E-state index is 0.170. The topological polar surface area (TPSA) is 95.2 Å². The summed E-state index contributed by atoms with van der Waals surface area (Å²) in [5, 5.41) is 0. The normalized spacial score (nSPS) is 16.2. The molecule has 0 spiro atoms. The van der Waals surface area contributed by atoms with Gasteiger partial charge in [0.05, 0.1) is 5.52 Å². The minimum atomic E-state index is -3.35. The molecule has 2 N–H and O–H groups in total. The summed E-state index contributed by atoms with van der Waals surface area (Å²) in [7, 11) is -3.35. The van der Waals surface area contributed by atoms with Crippen LogP contribution >= 0.6 is 0 Å². The Labute approximate surface area is 103 Å². The van der Waals surface area contributed by atoms with Crippen molar-refractivity contribution in [3.8, 4) is 0 Å². The fourth-order valence-corrected chi connectivity index (χ4v) is 2.74. The lowest BCUT2D eigenvalue weighted by Gasteiger charge is -2.06. The van der Waals surface area contributed by atoms with E-state index in [1.165, 1.54) is 4.31 Å². The van der Waals surface area contributed by atoms with Crippen LogP contribution in [0.25, 0.3) is 11.1 Å². The third kappa shape index (κ3) is 2.17. The first kappa shape index (κ1) is 11.5. The molecule has 96 valence electrons. The highest BCUT2D eigenvalue weighted by molar-refractivity contribution is 7.87. The highest BCUT2D eigenvalue weighted by atomic mass is 32.2. The highest BCUT2D eigenvalue weighted by Gasteiger charge is 2.31. The van der Waals surface area contributed by atoms with E-state index in [4.69, 9.17) is 4.42 Å². The number of nitrogens with zero attached hydrogens (tertiary/aromatic N) is 1. The third-order valence-electron chi connectivity index (χ3n) is 2.69. The van der Waals surface area contributed by atoms with Gasteiger partial charge in [-0.05, 0) is 17.7 Å². The summed E-state index contributed by atoms with van der Waals surface area (Å²) in [6, 6.07) is 5.05. The molecule has 2 aromatic rings. The Hall–Kier alpha value is -1.64. The molecule has 0 amide bonds. The van der Waals surface area contributed by atoms with Crippen LogP contribution < -0.4 is 10.5 Å². The second kappa shape index (κ2) is 3.94. The lowest BCUT2D eigenvalue weighted by Crippen LogP contribution is -2.29. The fraction of sp³-hybridized carbons (Fsp3) is 0.300. The highest BCUT2D eigenvalue weighted by Crippen LogP contribution is 2.14. The number of hydrogen-bond acceptors (Lipinski definition) is 4. The molecule has 7 nitrogen and oxygen atoms in total. The van der Waals surface area contributed by atoms with Gasteiger partial charge < -0.3 is 4.42 Å². The van der Waals surface area contributed by atoms with Crippen LogP contribution in [0.3, 0.4) is 0 Å². The minimum Gasteiger partial charge on any atom is -0.408 e. The molecule has 18 heavy (non-hydrogen) atoms. The van der Waals surface area contributed by atoms with Gasteiger partial charge in [0, 0.05) is 19.6 Å². The van der Waals surface area contributed by atoms with E-state index in [1.807, 2.05) is 0 Å². The van der Waals surface area contributed by atoms with Crippen LogP contribution in [0, 0.1) is 0 Å². The molecule has 1 aliphatic rings. The molecule has 1 aromatic heterocycles. The standard InChI is InChI=1S/C10H11N3O4S/c14-10-12-8-2-1-7(5-9(8)17-10)6-11-18(15,16)13-3-4-13/h1-2,5,11H,3-4,6H2,(H,12,14). The van der Waals surface area contributed by atoms with Crippen molar-refractivity contribution in [2.24, 2.45) is 0 Å². The summed E-state index contributed by atoms with van der Waals surface area (Å²) < 4.78 is 31.9. The Kier molecular flexibility index (Phi) is 2.51. The van der Waals surface area contributed by atoms with E-state index in [1.54, 1.807) is 18.2 Å². The Morgan fingerprint density at radius 2 is 2.17 bits per heavy atom. The van der Waals surface area contributed by atoms with Crippen molar-refractivity contribution >= 4 is 21.3 Å². The van der Waals surface area contributed by atoms with Gasteiger partial charge in [-0.15, -0.1) is 0 Å². The second-order valence-corrected chi connectivity index (χ2v) is 5.83. The largest absolute Gasteiger partial charge is 0.417 e. The first-order valence-corrected chi connectivity index (χ1v) is 6.85. The number of aromatic nitrogens is 1. The van der Waals surface area contributed by atoms with Crippen molar-refractivity contribution in [2.75, 3.05) is 13.1 Å². The SMILES string of the molecule is O=c1[nH]c2ccc(CNS(=O)(=O)N3CC3)cc2o1. The molecular formula is C10H11N3O4S. The maximum absolute atomic E-state index is 11.6. The lowest BCUT2D eigenvalue weighted by atomic mass is 10.2. The van der Waals surface area contributed by atoms with Gasteiger partial charge in [0.1, 0.15) is 0 Å². The Balaban J connectivity index is 1.80. The van der Waals surface area contributed by atoms with Crippen LogP contribution in [0.2, 0.25) is 0 Å². The molecule has 0 saturated carbocycles. The number of hydrogen-bond donors (Lipinski definition) is 2. The molecule has 1 saturated heterocycles. The Morgan fingerprint density at radius 3 is 2.89 bits per heavy atom. The van der Waals surface area contributed by atoms with Crippen LogP contribution in [0.4, 0.5) is 0 Å². The number of fused-ring (bicyclic) bond motifs is 1. The van der Waals surface area contributed by atoms with Crippen molar-refractivity contribution in [3.05, 3.63) is 34.3 Å². The molecule has 0 radical (unpaired) electrons. The van der Waals surface area contributed by atoms with E-state index >= 15 is 0 Å². The molecule has 2 heterocycles. The Morgan fingerprint density at radius 1 is 1.39 bits per heavy atom. The smallest absolute Gasteiger partial charge is 0.408 e. The quantitative estimate of drug-likeness (QED) is 0.749. The number of oxazole rings is 1. The summed E-state index contributed by atoms with van der Waals surface area (Å²) in [5.74, 6) is -0.521. The molecule has 0 atom stereocenters. The molecular weight excluding hydrogens is 258 g/mol. The summed E-state index contributed by atoms with van der Waals surface area (Å²) in [6.45, 7) is 1.31. The molecule has 3 rings (SSSR count). The van der Waals surface area contributed by atoms with Crippen molar-refractivity contribution in [2.45, 2.75) is 6.54 Å². The van der Waals surface area contributed by atoms with Gasteiger partial charge in [0.2, 0.25) is 0 Å². The fourth-order valence-electron chi connectivity index (χ4n) is 1.65. The molecule has 1 aliphatic heterocycles. The zero-order chi connectivity index (χ0) is 12.8. The summed E-state index contributed by atoms with van der Waals surface area (Å²) >= 11 is 0. The molecule has 1 fully saturated rings. The predicted molar refractivity (Wildman–Crippen MR) is 64.2 cm³/mol. The maximum Gasteiger partial charge on any atom is 0.417 e. The van der Waals surface area contributed by atoms with Gasteiger partial charge in [0.25, 0.3) is 10.2 Å². The van der Waals surface area contributed by atoms with E-state index in [9.17, 15) is 13.2 Å². The monoisotopic (exact) mass is 269 g/mol. The van der Waals surface area contributed by atoms with Crippen molar-refractivity contribution in [1.29, 1.82) is 0 Å².